The van der Waals surface area contributed by atoms with Crippen molar-refractivity contribution in [1.29, 1.82) is 0 Å². The molecule has 1 heterocycles. The lowest BCUT2D eigenvalue weighted by Crippen LogP contribution is -2.05. The standard InChI is InChI=1S/C13H15N3O2S/c1-3-18-13(17)9-4-5-11(14)12(6-9)19-10-7-15-16(2)8-10/h4-8H,3,14H2,1-2H3. The molecule has 0 amide bonds. The molecule has 0 atom stereocenters. The number of ether oxygens (including phenoxy) is 1. The second-order valence-corrected chi connectivity index (χ2v) is 5.04. The SMILES string of the molecule is CCOC(=O)c1ccc(N)c(Sc2cnn(C)c2)c1. The van der Waals surface area contributed by atoms with Gasteiger partial charge in [0.2, 0.25) is 0 Å². The molecule has 6 heteroatoms. The summed E-state index contributed by atoms with van der Waals surface area (Å²) in [4.78, 5) is 13.5. The number of aryl methyl sites for hydroxylation is 1. The van der Waals surface area contributed by atoms with E-state index in [2.05, 4.69) is 5.10 Å². The van der Waals surface area contributed by atoms with E-state index in [1.54, 1.807) is 36.0 Å². The van der Waals surface area contributed by atoms with Crippen LogP contribution in [0.2, 0.25) is 0 Å². The zero-order chi connectivity index (χ0) is 13.8. The van der Waals surface area contributed by atoms with Gasteiger partial charge < -0.3 is 10.5 Å². The van der Waals surface area contributed by atoms with E-state index in [-0.39, 0.29) is 5.97 Å². The molecule has 0 saturated heterocycles. The van der Waals surface area contributed by atoms with Crippen molar-refractivity contribution in [3.8, 4) is 0 Å². The van der Waals surface area contributed by atoms with E-state index in [1.807, 2.05) is 13.2 Å². The molecule has 0 aliphatic carbocycles. The number of nitrogens with two attached hydrogens (primary N) is 1. The Morgan fingerprint density at radius 2 is 2.32 bits per heavy atom. The quantitative estimate of drug-likeness (QED) is 0.686. The summed E-state index contributed by atoms with van der Waals surface area (Å²) in [5, 5.41) is 4.09. The number of carbonyl (C=O) groups excluding carboxylic acids is 1. The molecule has 1 aromatic carbocycles. The monoisotopic (exact) mass is 277 g/mol. The average Bonchev–Trinajstić information content (AvgIpc) is 2.78. The van der Waals surface area contributed by atoms with Gasteiger partial charge in [-0.2, -0.15) is 5.10 Å². The van der Waals surface area contributed by atoms with E-state index in [1.165, 1.54) is 11.8 Å². The van der Waals surface area contributed by atoms with Gasteiger partial charge in [-0.05, 0) is 25.1 Å². The molecule has 0 spiro atoms. The molecule has 0 aliphatic rings. The van der Waals surface area contributed by atoms with Crippen LogP contribution in [-0.2, 0) is 11.8 Å². The zero-order valence-corrected chi connectivity index (χ0v) is 11.6. The van der Waals surface area contributed by atoms with Gasteiger partial charge in [-0.15, -0.1) is 0 Å². The number of aromatic nitrogens is 2. The smallest absolute Gasteiger partial charge is 0.338 e. The number of nitrogen functional groups attached to an aromatic ring is 1. The molecule has 2 N–H and O–H groups in total. The first-order valence-electron chi connectivity index (χ1n) is 5.83. The highest BCUT2D eigenvalue weighted by molar-refractivity contribution is 7.99. The molecule has 100 valence electrons. The molecule has 0 aliphatic heterocycles. The third-order valence-electron chi connectivity index (χ3n) is 2.43. The van der Waals surface area contributed by atoms with Crippen LogP contribution in [0.3, 0.4) is 0 Å². The number of esters is 1. The number of hydrogen-bond acceptors (Lipinski definition) is 5. The van der Waals surface area contributed by atoms with Gasteiger partial charge in [0.15, 0.2) is 0 Å². The third kappa shape index (κ3) is 3.29. The lowest BCUT2D eigenvalue weighted by molar-refractivity contribution is 0.0526. The summed E-state index contributed by atoms with van der Waals surface area (Å²) in [7, 11) is 1.85. The summed E-state index contributed by atoms with van der Waals surface area (Å²) in [6.45, 7) is 2.13. The molecule has 2 aromatic rings. The Balaban J connectivity index is 2.24. The van der Waals surface area contributed by atoms with Crippen molar-refractivity contribution in [1.82, 2.24) is 9.78 Å². The Hall–Kier alpha value is -1.95. The minimum absolute atomic E-state index is 0.337. The molecule has 0 saturated carbocycles. The lowest BCUT2D eigenvalue weighted by atomic mass is 10.2. The molecule has 1 aromatic heterocycles. The van der Waals surface area contributed by atoms with Crippen molar-refractivity contribution in [3.05, 3.63) is 36.2 Å². The average molecular weight is 277 g/mol. The maximum absolute atomic E-state index is 11.7. The van der Waals surface area contributed by atoms with Gasteiger partial charge in [-0.3, -0.25) is 4.68 Å². The van der Waals surface area contributed by atoms with E-state index in [9.17, 15) is 4.79 Å². The fourth-order valence-corrected chi connectivity index (χ4v) is 2.47. The van der Waals surface area contributed by atoms with Crippen LogP contribution in [0.25, 0.3) is 0 Å². The highest BCUT2D eigenvalue weighted by Gasteiger charge is 2.10. The first kappa shape index (κ1) is 13.5. The number of nitrogens with zero attached hydrogens (tertiary/aromatic N) is 2. The van der Waals surface area contributed by atoms with Crippen LogP contribution in [0.15, 0.2) is 40.4 Å². The summed E-state index contributed by atoms with van der Waals surface area (Å²) in [5.41, 5.74) is 7.05. The summed E-state index contributed by atoms with van der Waals surface area (Å²) >= 11 is 1.47. The van der Waals surface area contributed by atoms with Crippen molar-refractivity contribution >= 4 is 23.4 Å². The van der Waals surface area contributed by atoms with Gasteiger partial charge in [0.05, 0.1) is 23.3 Å². The Kier molecular flexibility index (Phi) is 4.11. The molecule has 0 bridgehead atoms. The minimum Gasteiger partial charge on any atom is -0.462 e. The fourth-order valence-electron chi connectivity index (χ4n) is 1.54. The highest BCUT2D eigenvalue weighted by Crippen LogP contribution is 2.32. The third-order valence-corrected chi connectivity index (χ3v) is 3.45. The van der Waals surface area contributed by atoms with E-state index in [0.29, 0.717) is 17.9 Å². The van der Waals surface area contributed by atoms with Crippen LogP contribution < -0.4 is 5.73 Å². The van der Waals surface area contributed by atoms with Crippen molar-refractivity contribution in [2.75, 3.05) is 12.3 Å². The Morgan fingerprint density at radius 1 is 1.53 bits per heavy atom. The number of anilines is 1. The maximum atomic E-state index is 11.7. The predicted octanol–water partition coefficient (Wildman–Crippen LogP) is 2.33. The second-order valence-electron chi connectivity index (χ2n) is 3.92. The number of benzene rings is 1. The van der Waals surface area contributed by atoms with E-state index < -0.39 is 0 Å². The molecule has 0 radical (unpaired) electrons. The van der Waals surface area contributed by atoms with Crippen LogP contribution >= 0.6 is 11.8 Å². The normalized spacial score (nSPS) is 10.4. The number of rotatable bonds is 4. The Bertz CT molecular complexity index is 595. The molecular formula is C13H15N3O2S. The maximum Gasteiger partial charge on any atom is 0.338 e. The molecule has 0 fully saturated rings. The highest BCUT2D eigenvalue weighted by atomic mass is 32.2. The fraction of sp³-hybridized carbons (Fsp3) is 0.231. The van der Waals surface area contributed by atoms with Gasteiger partial charge in [-0.25, -0.2) is 4.79 Å². The minimum atomic E-state index is -0.337. The first-order chi connectivity index (χ1) is 9.10. The van der Waals surface area contributed by atoms with Crippen LogP contribution in [0.4, 0.5) is 5.69 Å². The summed E-state index contributed by atoms with van der Waals surface area (Å²) < 4.78 is 6.69. The zero-order valence-electron chi connectivity index (χ0n) is 10.8. The van der Waals surface area contributed by atoms with Crippen molar-refractivity contribution in [2.24, 2.45) is 7.05 Å². The number of hydrogen-bond donors (Lipinski definition) is 1. The largest absolute Gasteiger partial charge is 0.462 e. The summed E-state index contributed by atoms with van der Waals surface area (Å²) in [6.07, 6.45) is 3.64. The predicted molar refractivity (Wildman–Crippen MR) is 74.1 cm³/mol. The van der Waals surface area contributed by atoms with E-state index in [4.69, 9.17) is 10.5 Å². The van der Waals surface area contributed by atoms with Gasteiger partial charge in [0.25, 0.3) is 0 Å². The van der Waals surface area contributed by atoms with Gasteiger partial charge in [0, 0.05) is 23.8 Å². The van der Waals surface area contributed by atoms with E-state index >= 15 is 0 Å². The molecule has 19 heavy (non-hydrogen) atoms. The van der Waals surface area contributed by atoms with Crippen molar-refractivity contribution < 1.29 is 9.53 Å². The molecule has 5 nitrogen and oxygen atoms in total. The topological polar surface area (TPSA) is 70.1 Å². The van der Waals surface area contributed by atoms with Crippen LogP contribution in [0.1, 0.15) is 17.3 Å². The molecular weight excluding hydrogens is 262 g/mol. The second kappa shape index (κ2) is 5.79. The Morgan fingerprint density at radius 3 is 2.95 bits per heavy atom. The van der Waals surface area contributed by atoms with Gasteiger partial charge >= 0.3 is 5.97 Å². The van der Waals surface area contributed by atoms with Gasteiger partial charge in [0.1, 0.15) is 0 Å². The molecule has 2 rings (SSSR count). The lowest BCUT2D eigenvalue weighted by Gasteiger charge is -2.07. The molecule has 0 unspecified atom stereocenters. The van der Waals surface area contributed by atoms with Crippen molar-refractivity contribution in [3.63, 3.8) is 0 Å². The van der Waals surface area contributed by atoms with Crippen LogP contribution in [0.5, 0.6) is 0 Å². The van der Waals surface area contributed by atoms with Crippen molar-refractivity contribution in [2.45, 2.75) is 16.7 Å². The van der Waals surface area contributed by atoms with Crippen LogP contribution in [-0.4, -0.2) is 22.4 Å². The Labute approximate surface area is 115 Å². The van der Waals surface area contributed by atoms with Gasteiger partial charge in [-0.1, -0.05) is 11.8 Å². The van der Waals surface area contributed by atoms with E-state index in [0.717, 1.165) is 9.79 Å². The summed E-state index contributed by atoms with van der Waals surface area (Å²) in [6, 6.07) is 5.12. The van der Waals surface area contributed by atoms with Crippen LogP contribution in [0, 0.1) is 0 Å². The summed E-state index contributed by atoms with van der Waals surface area (Å²) in [5.74, 6) is -0.337. The first-order valence-corrected chi connectivity index (χ1v) is 6.65. The number of carbonyl (C=O) groups is 1.